The maximum atomic E-state index is 13.1. The first-order chi connectivity index (χ1) is 14.9. The van der Waals surface area contributed by atoms with Crippen molar-refractivity contribution >= 4 is 21.6 Å². The number of nitrogens with one attached hydrogen (secondary N) is 1. The third kappa shape index (κ3) is 5.73. The molecule has 0 spiro atoms. The number of benzene rings is 2. The van der Waals surface area contributed by atoms with Gasteiger partial charge in [-0.1, -0.05) is 13.8 Å². The normalized spacial score (nSPS) is 13.4. The largest absolute Gasteiger partial charge is 0.497 e. The zero-order chi connectivity index (χ0) is 24.2. The topological polar surface area (TPSA) is 84.9 Å². The fourth-order valence-corrected chi connectivity index (χ4v) is 4.93. The first kappa shape index (κ1) is 25.5. The summed E-state index contributed by atoms with van der Waals surface area (Å²) in [6.07, 6.45) is 1.09. The Kier molecular flexibility index (Phi) is 8.18. The summed E-state index contributed by atoms with van der Waals surface area (Å²) >= 11 is 0. The Labute approximate surface area is 191 Å². The van der Waals surface area contributed by atoms with E-state index in [-0.39, 0.29) is 17.9 Å². The van der Waals surface area contributed by atoms with Crippen LogP contribution in [0.4, 0.5) is 5.69 Å². The number of nitrogens with zero attached hydrogens (tertiary/aromatic N) is 1. The van der Waals surface area contributed by atoms with E-state index in [2.05, 4.69) is 19.2 Å². The fraction of sp³-hybridized carbons (Fsp3) is 0.458. The van der Waals surface area contributed by atoms with Crippen LogP contribution in [0.15, 0.2) is 36.4 Å². The maximum absolute atomic E-state index is 13.1. The van der Waals surface area contributed by atoms with Crippen LogP contribution in [-0.2, 0) is 14.8 Å². The van der Waals surface area contributed by atoms with Gasteiger partial charge in [-0.3, -0.25) is 9.10 Å². The number of ether oxygens (including phenoxy) is 2. The Balaban J connectivity index is 2.32. The molecule has 0 fully saturated rings. The van der Waals surface area contributed by atoms with Crippen molar-refractivity contribution in [2.24, 2.45) is 0 Å². The Morgan fingerprint density at radius 1 is 0.969 bits per heavy atom. The van der Waals surface area contributed by atoms with Gasteiger partial charge in [0.15, 0.2) is 0 Å². The van der Waals surface area contributed by atoms with Gasteiger partial charge in [0.25, 0.3) is 0 Å². The molecule has 176 valence electrons. The van der Waals surface area contributed by atoms with E-state index in [0.29, 0.717) is 11.4 Å². The van der Waals surface area contributed by atoms with E-state index in [9.17, 15) is 13.2 Å². The predicted molar refractivity (Wildman–Crippen MR) is 128 cm³/mol. The second-order valence-electron chi connectivity index (χ2n) is 8.27. The number of anilines is 1. The van der Waals surface area contributed by atoms with Crippen molar-refractivity contribution in [3.63, 3.8) is 0 Å². The zero-order valence-corrected chi connectivity index (χ0v) is 20.9. The average molecular weight is 463 g/mol. The molecule has 2 atom stereocenters. The van der Waals surface area contributed by atoms with Gasteiger partial charge in [0, 0.05) is 0 Å². The predicted octanol–water partition coefficient (Wildman–Crippen LogP) is 4.17. The molecule has 0 aliphatic carbocycles. The van der Waals surface area contributed by atoms with Crippen LogP contribution in [0.2, 0.25) is 0 Å². The van der Waals surface area contributed by atoms with Crippen molar-refractivity contribution in [2.75, 3.05) is 24.8 Å². The molecule has 0 radical (unpaired) electrons. The molecule has 0 heterocycles. The molecule has 1 amide bonds. The van der Waals surface area contributed by atoms with E-state index >= 15 is 0 Å². The summed E-state index contributed by atoms with van der Waals surface area (Å²) in [5, 5.41) is 2.97. The van der Waals surface area contributed by atoms with Gasteiger partial charge >= 0.3 is 0 Å². The Bertz CT molecular complexity index is 1050. The number of aryl methyl sites for hydroxylation is 1. The number of carbonyl (C=O) groups excluding carboxylic acids is 1. The van der Waals surface area contributed by atoms with Crippen LogP contribution in [0.3, 0.4) is 0 Å². The first-order valence-corrected chi connectivity index (χ1v) is 12.4. The van der Waals surface area contributed by atoms with Crippen LogP contribution in [-0.4, -0.2) is 40.8 Å². The van der Waals surface area contributed by atoms with Crippen molar-refractivity contribution in [1.29, 1.82) is 0 Å². The van der Waals surface area contributed by atoms with Gasteiger partial charge in [-0.2, -0.15) is 0 Å². The molecule has 0 saturated carbocycles. The molecule has 7 nitrogen and oxygen atoms in total. The lowest BCUT2D eigenvalue weighted by Crippen LogP contribution is -2.48. The van der Waals surface area contributed by atoms with E-state index in [4.69, 9.17) is 9.47 Å². The highest BCUT2D eigenvalue weighted by atomic mass is 32.2. The van der Waals surface area contributed by atoms with E-state index in [1.165, 1.54) is 7.11 Å². The molecular formula is C24H34N2O5S. The number of carbonyl (C=O) groups is 1. The highest BCUT2D eigenvalue weighted by Gasteiger charge is 2.30. The number of amides is 1. The summed E-state index contributed by atoms with van der Waals surface area (Å²) in [6, 6.07) is 9.33. The molecule has 0 bridgehead atoms. The van der Waals surface area contributed by atoms with E-state index in [1.807, 2.05) is 26.0 Å². The minimum atomic E-state index is -3.70. The average Bonchev–Trinajstić information content (AvgIpc) is 2.72. The molecule has 32 heavy (non-hydrogen) atoms. The summed E-state index contributed by atoms with van der Waals surface area (Å²) in [6.45, 7) is 9.60. The second kappa shape index (κ2) is 10.3. The number of hydrogen-bond donors (Lipinski definition) is 1. The maximum Gasteiger partial charge on any atom is 0.244 e. The molecule has 2 aromatic rings. The van der Waals surface area contributed by atoms with Gasteiger partial charge in [0.05, 0.1) is 32.2 Å². The Hall–Kier alpha value is -2.74. The minimum Gasteiger partial charge on any atom is -0.497 e. The highest BCUT2D eigenvalue weighted by Crippen LogP contribution is 2.32. The molecule has 1 N–H and O–H groups in total. The van der Waals surface area contributed by atoms with E-state index in [1.54, 1.807) is 38.3 Å². The summed E-state index contributed by atoms with van der Waals surface area (Å²) in [7, 11) is -0.523. The summed E-state index contributed by atoms with van der Waals surface area (Å²) in [4.78, 5) is 13.1. The Morgan fingerprint density at radius 2 is 1.56 bits per heavy atom. The molecule has 2 rings (SSSR count). The van der Waals surface area contributed by atoms with Crippen LogP contribution in [0.1, 0.15) is 56.3 Å². The number of methoxy groups -OCH3 is 2. The molecule has 0 saturated heterocycles. The van der Waals surface area contributed by atoms with Crippen molar-refractivity contribution < 1.29 is 22.7 Å². The highest BCUT2D eigenvalue weighted by molar-refractivity contribution is 7.92. The summed E-state index contributed by atoms with van der Waals surface area (Å²) in [5.74, 6) is 1.28. The van der Waals surface area contributed by atoms with Crippen molar-refractivity contribution in [3.8, 4) is 11.5 Å². The molecule has 0 aliphatic heterocycles. The van der Waals surface area contributed by atoms with E-state index < -0.39 is 16.1 Å². The van der Waals surface area contributed by atoms with Gasteiger partial charge < -0.3 is 14.8 Å². The van der Waals surface area contributed by atoms with Crippen LogP contribution in [0.25, 0.3) is 0 Å². The van der Waals surface area contributed by atoms with Crippen molar-refractivity contribution in [2.45, 2.75) is 52.6 Å². The van der Waals surface area contributed by atoms with Gasteiger partial charge in [-0.15, -0.1) is 0 Å². The third-order valence-corrected chi connectivity index (χ3v) is 6.72. The molecule has 2 aromatic carbocycles. The molecule has 0 unspecified atom stereocenters. The van der Waals surface area contributed by atoms with Crippen LogP contribution < -0.4 is 19.1 Å². The molecular weight excluding hydrogens is 428 g/mol. The van der Waals surface area contributed by atoms with Crippen molar-refractivity contribution in [1.82, 2.24) is 5.32 Å². The smallest absolute Gasteiger partial charge is 0.244 e. The summed E-state index contributed by atoms with van der Waals surface area (Å²) < 4.78 is 36.8. The molecule has 8 heteroatoms. The quantitative estimate of drug-likeness (QED) is 0.605. The standard InChI is InChI=1S/C24H34N2O5S/c1-15(2)21-14-22(16(3)13-23(21)31-7)17(4)25-24(27)18(5)26(32(8,28)29)19-9-11-20(30-6)12-10-19/h9-15,17-18H,1-8H3,(H,25,27)/t17-,18-/m1/s1. The number of sulfonamides is 1. The van der Waals surface area contributed by atoms with Crippen LogP contribution in [0.5, 0.6) is 11.5 Å². The second-order valence-corrected chi connectivity index (χ2v) is 10.1. The monoisotopic (exact) mass is 462 g/mol. The third-order valence-electron chi connectivity index (χ3n) is 5.48. The summed E-state index contributed by atoms with van der Waals surface area (Å²) in [5.41, 5.74) is 3.40. The minimum absolute atomic E-state index is 0.252. The Morgan fingerprint density at radius 3 is 2.03 bits per heavy atom. The van der Waals surface area contributed by atoms with Crippen LogP contribution in [0, 0.1) is 6.92 Å². The lowest BCUT2D eigenvalue weighted by molar-refractivity contribution is -0.122. The zero-order valence-electron chi connectivity index (χ0n) is 20.1. The molecule has 0 aliphatic rings. The van der Waals surface area contributed by atoms with Gasteiger partial charge in [0.2, 0.25) is 15.9 Å². The van der Waals surface area contributed by atoms with Gasteiger partial charge in [0.1, 0.15) is 17.5 Å². The van der Waals surface area contributed by atoms with Crippen LogP contribution >= 0.6 is 0 Å². The van der Waals surface area contributed by atoms with E-state index in [0.717, 1.165) is 33.0 Å². The first-order valence-electron chi connectivity index (χ1n) is 10.5. The van der Waals surface area contributed by atoms with Gasteiger partial charge in [-0.05, 0) is 79.8 Å². The molecule has 0 aromatic heterocycles. The lowest BCUT2D eigenvalue weighted by Gasteiger charge is -2.30. The fourth-order valence-electron chi connectivity index (χ4n) is 3.76. The van der Waals surface area contributed by atoms with Crippen molar-refractivity contribution in [3.05, 3.63) is 53.1 Å². The number of hydrogen-bond acceptors (Lipinski definition) is 5. The lowest BCUT2D eigenvalue weighted by atomic mass is 9.93. The van der Waals surface area contributed by atoms with Gasteiger partial charge in [-0.25, -0.2) is 8.42 Å². The SMILES string of the molecule is COc1ccc(N([C@H](C)C(=O)N[C@H](C)c2cc(C(C)C)c(OC)cc2C)S(C)(=O)=O)cc1. The number of rotatable bonds is 9.